The second kappa shape index (κ2) is 9.65. The molecule has 7 heteroatoms. The number of hydrogen-bond acceptors (Lipinski definition) is 6. The molecule has 0 bridgehead atoms. The third-order valence-corrected chi connectivity index (χ3v) is 5.89. The number of ether oxygens (including phenoxy) is 1. The number of nitrogens with zero attached hydrogens (tertiary/aromatic N) is 4. The summed E-state index contributed by atoms with van der Waals surface area (Å²) >= 11 is 1.16. The highest BCUT2D eigenvalue weighted by Gasteiger charge is 2.26. The molecule has 2 aromatic carbocycles. The van der Waals surface area contributed by atoms with E-state index in [1.807, 2.05) is 47.4 Å². The molecule has 30 heavy (non-hydrogen) atoms. The maximum absolute atomic E-state index is 13.1. The normalized spacial score (nSPS) is 14.9. The van der Waals surface area contributed by atoms with Crippen molar-refractivity contribution < 1.29 is 9.53 Å². The highest BCUT2D eigenvalue weighted by molar-refractivity contribution is 7.08. The summed E-state index contributed by atoms with van der Waals surface area (Å²) in [5, 5.41) is 4.20. The van der Waals surface area contributed by atoms with Gasteiger partial charge in [0.15, 0.2) is 0 Å². The number of piperazine rings is 1. The van der Waals surface area contributed by atoms with E-state index in [0.717, 1.165) is 42.5 Å². The lowest BCUT2D eigenvalue weighted by Crippen LogP contribution is -2.48. The molecule has 4 rings (SSSR count). The Morgan fingerprint density at radius 3 is 2.50 bits per heavy atom. The van der Waals surface area contributed by atoms with E-state index in [4.69, 9.17) is 4.74 Å². The minimum Gasteiger partial charge on any atom is -0.497 e. The summed E-state index contributed by atoms with van der Waals surface area (Å²) in [4.78, 5) is 17.9. The van der Waals surface area contributed by atoms with Crippen LogP contribution in [0.25, 0.3) is 17.3 Å². The third-order valence-electron chi connectivity index (χ3n) is 5.18. The van der Waals surface area contributed by atoms with Gasteiger partial charge in [-0.25, -0.2) is 0 Å². The Labute approximate surface area is 180 Å². The second-order valence-corrected chi connectivity index (χ2v) is 7.84. The van der Waals surface area contributed by atoms with E-state index in [9.17, 15) is 4.79 Å². The molecule has 1 aromatic heterocycles. The predicted octanol–water partition coefficient (Wildman–Crippen LogP) is 3.68. The lowest BCUT2D eigenvalue weighted by atomic mass is 10.1. The fraction of sp³-hybridized carbons (Fsp3) is 0.261. The summed E-state index contributed by atoms with van der Waals surface area (Å²) in [5.74, 6) is 0.780. The molecule has 1 amide bonds. The van der Waals surface area contributed by atoms with Gasteiger partial charge in [0.05, 0.1) is 7.11 Å². The molecular weight excluding hydrogens is 396 g/mol. The fourth-order valence-corrected chi connectivity index (χ4v) is 4.10. The summed E-state index contributed by atoms with van der Waals surface area (Å²) in [6.07, 6.45) is 4.32. The number of aromatic nitrogens is 2. The van der Waals surface area contributed by atoms with E-state index in [2.05, 4.69) is 38.8 Å². The van der Waals surface area contributed by atoms with Crippen molar-refractivity contribution in [2.24, 2.45) is 0 Å². The zero-order valence-electron chi connectivity index (χ0n) is 16.9. The van der Waals surface area contributed by atoms with Crippen LogP contribution in [-0.2, 0) is 0 Å². The van der Waals surface area contributed by atoms with Gasteiger partial charge in [0.2, 0.25) is 0 Å². The smallest absolute Gasteiger partial charge is 0.267 e. The number of rotatable bonds is 6. The Hall–Kier alpha value is -3.03. The molecule has 154 valence electrons. The molecule has 3 aromatic rings. The minimum atomic E-state index is 0.00953. The average Bonchev–Trinajstić information content (AvgIpc) is 3.30. The maximum atomic E-state index is 13.1. The second-order valence-electron chi connectivity index (χ2n) is 7.09. The maximum Gasteiger partial charge on any atom is 0.267 e. The van der Waals surface area contributed by atoms with Gasteiger partial charge in [0, 0.05) is 38.3 Å². The van der Waals surface area contributed by atoms with Crippen LogP contribution in [0.2, 0.25) is 0 Å². The van der Waals surface area contributed by atoms with E-state index < -0.39 is 0 Å². The molecule has 0 radical (unpaired) electrons. The van der Waals surface area contributed by atoms with Gasteiger partial charge in [0.25, 0.3) is 5.91 Å². The van der Waals surface area contributed by atoms with Gasteiger partial charge >= 0.3 is 0 Å². The van der Waals surface area contributed by atoms with Crippen molar-refractivity contribution in [2.75, 3.05) is 39.8 Å². The van der Waals surface area contributed by atoms with Crippen molar-refractivity contribution in [1.29, 1.82) is 0 Å². The molecule has 1 fully saturated rings. The standard InChI is InChI=1S/C23H24N4O2S/c1-29-20-11-9-19(10-12-20)21-22(30-25-24-21)23(28)27-16-14-26(15-17-27)13-5-8-18-6-3-2-4-7-18/h2-12H,13-17H2,1H3/b8-5+. The van der Waals surface area contributed by atoms with Gasteiger partial charge in [-0.1, -0.05) is 47.0 Å². The summed E-state index contributed by atoms with van der Waals surface area (Å²) < 4.78 is 9.24. The van der Waals surface area contributed by atoms with Crippen LogP contribution in [0, 0.1) is 0 Å². The SMILES string of the molecule is COc1ccc(-c2nnsc2C(=O)N2CCN(C/C=C/c3ccccc3)CC2)cc1. The summed E-state index contributed by atoms with van der Waals surface area (Å²) in [6.45, 7) is 4.01. The van der Waals surface area contributed by atoms with Crippen molar-refractivity contribution in [3.8, 4) is 17.0 Å². The predicted molar refractivity (Wildman–Crippen MR) is 120 cm³/mol. The molecule has 0 aliphatic carbocycles. The van der Waals surface area contributed by atoms with Crippen LogP contribution in [0.1, 0.15) is 15.2 Å². The number of amides is 1. The lowest BCUT2D eigenvalue weighted by molar-refractivity contribution is 0.0655. The number of carbonyl (C=O) groups excluding carboxylic acids is 1. The fourth-order valence-electron chi connectivity index (χ4n) is 3.45. The Kier molecular flexibility index (Phi) is 6.51. The van der Waals surface area contributed by atoms with Crippen molar-refractivity contribution in [1.82, 2.24) is 19.4 Å². The molecule has 0 atom stereocenters. The molecule has 0 saturated carbocycles. The Bertz CT molecular complexity index is 994. The zero-order valence-corrected chi connectivity index (χ0v) is 17.7. The van der Waals surface area contributed by atoms with E-state index >= 15 is 0 Å². The Morgan fingerprint density at radius 1 is 1.07 bits per heavy atom. The molecule has 2 heterocycles. The molecule has 1 aliphatic heterocycles. The molecule has 0 unspecified atom stereocenters. The van der Waals surface area contributed by atoms with Crippen LogP contribution in [0.5, 0.6) is 5.75 Å². The van der Waals surface area contributed by atoms with Crippen molar-refractivity contribution in [3.63, 3.8) is 0 Å². The van der Waals surface area contributed by atoms with Crippen LogP contribution in [0.4, 0.5) is 0 Å². The zero-order chi connectivity index (χ0) is 20.8. The van der Waals surface area contributed by atoms with Gasteiger partial charge in [-0.2, -0.15) is 0 Å². The molecule has 1 saturated heterocycles. The first-order valence-electron chi connectivity index (χ1n) is 9.94. The molecule has 6 nitrogen and oxygen atoms in total. The number of hydrogen-bond donors (Lipinski definition) is 0. The van der Waals surface area contributed by atoms with E-state index in [-0.39, 0.29) is 5.91 Å². The monoisotopic (exact) mass is 420 g/mol. The first-order chi connectivity index (χ1) is 14.7. The Morgan fingerprint density at radius 2 is 1.80 bits per heavy atom. The van der Waals surface area contributed by atoms with Crippen LogP contribution < -0.4 is 4.74 Å². The summed E-state index contributed by atoms with van der Waals surface area (Å²) in [5.41, 5.74) is 2.72. The van der Waals surface area contributed by atoms with E-state index in [0.29, 0.717) is 23.7 Å². The van der Waals surface area contributed by atoms with Crippen molar-refractivity contribution >= 4 is 23.5 Å². The van der Waals surface area contributed by atoms with Crippen LogP contribution in [0.15, 0.2) is 60.7 Å². The largest absolute Gasteiger partial charge is 0.497 e. The lowest BCUT2D eigenvalue weighted by Gasteiger charge is -2.33. The van der Waals surface area contributed by atoms with Gasteiger partial charge in [-0.15, -0.1) is 5.10 Å². The summed E-state index contributed by atoms with van der Waals surface area (Å²) in [6, 6.07) is 17.8. The van der Waals surface area contributed by atoms with Gasteiger partial charge in [-0.05, 0) is 41.4 Å². The van der Waals surface area contributed by atoms with E-state index in [1.165, 1.54) is 5.56 Å². The topological polar surface area (TPSA) is 58.6 Å². The van der Waals surface area contributed by atoms with Crippen molar-refractivity contribution in [3.05, 3.63) is 71.1 Å². The Balaban J connectivity index is 1.35. The minimum absolute atomic E-state index is 0.00953. The van der Waals surface area contributed by atoms with Gasteiger partial charge < -0.3 is 9.64 Å². The average molecular weight is 421 g/mol. The third kappa shape index (κ3) is 4.75. The van der Waals surface area contributed by atoms with Crippen LogP contribution in [-0.4, -0.2) is 65.1 Å². The van der Waals surface area contributed by atoms with Crippen LogP contribution in [0.3, 0.4) is 0 Å². The highest BCUT2D eigenvalue weighted by Crippen LogP contribution is 2.27. The number of benzene rings is 2. The van der Waals surface area contributed by atoms with Gasteiger partial charge in [-0.3, -0.25) is 9.69 Å². The summed E-state index contributed by atoms with van der Waals surface area (Å²) in [7, 11) is 1.63. The van der Waals surface area contributed by atoms with Gasteiger partial charge in [0.1, 0.15) is 16.3 Å². The first kappa shape index (κ1) is 20.3. The van der Waals surface area contributed by atoms with Crippen LogP contribution >= 0.6 is 11.5 Å². The highest BCUT2D eigenvalue weighted by atomic mass is 32.1. The van der Waals surface area contributed by atoms with E-state index in [1.54, 1.807) is 7.11 Å². The number of carbonyl (C=O) groups is 1. The number of methoxy groups -OCH3 is 1. The molecule has 0 N–H and O–H groups in total. The quantitative estimate of drug-likeness (QED) is 0.609. The molecule has 0 spiro atoms. The first-order valence-corrected chi connectivity index (χ1v) is 10.7. The molecule has 1 aliphatic rings. The van der Waals surface area contributed by atoms with Crippen molar-refractivity contribution in [2.45, 2.75) is 0 Å². The molecular formula is C23H24N4O2S.